The maximum atomic E-state index is 7.88. The lowest BCUT2D eigenvalue weighted by molar-refractivity contribution is 1.24. The first kappa shape index (κ1) is 17.5. The third-order valence-corrected chi connectivity index (χ3v) is 4.64. The molecule has 1 aliphatic rings. The van der Waals surface area contributed by atoms with E-state index in [4.69, 9.17) is 16.6 Å². The summed E-state index contributed by atoms with van der Waals surface area (Å²) in [6, 6.07) is 26.0. The highest BCUT2D eigenvalue weighted by Gasteiger charge is 2.14. The van der Waals surface area contributed by atoms with Gasteiger partial charge >= 0.3 is 0 Å². The largest absolute Gasteiger partial charge is 0.399 e. The van der Waals surface area contributed by atoms with Crippen molar-refractivity contribution in [2.45, 2.75) is 0 Å². The van der Waals surface area contributed by atoms with Crippen LogP contribution >= 0.6 is 0 Å². The predicted octanol–water partition coefficient (Wildman–Crippen LogP) is 5.51. The first-order valence-electron chi connectivity index (χ1n) is 9.01. The molecule has 0 atom stereocenters. The van der Waals surface area contributed by atoms with Crippen molar-refractivity contribution in [1.29, 1.82) is 10.8 Å². The molecule has 0 amide bonds. The zero-order chi connectivity index (χ0) is 19.5. The summed E-state index contributed by atoms with van der Waals surface area (Å²) in [5.74, 6) is 0. The minimum atomic E-state index is 0.245. The van der Waals surface area contributed by atoms with Gasteiger partial charge in [0.05, 0.1) is 22.5 Å². The number of para-hydroxylation sites is 3. The summed E-state index contributed by atoms with van der Waals surface area (Å²) in [5.41, 5.74) is 9.84. The van der Waals surface area contributed by atoms with Gasteiger partial charge in [0.25, 0.3) is 0 Å². The molecule has 136 valence electrons. The minimum Gasteiger partial charge on any atom is -0.399 e. The molecular formula is C24H20N4. The lowest BCUT2D eigenvalue weighted by atomic mass is 10.1. The number of allylic oxidation sites excluding steroid dienone is 4. The molecule has 1 aromatic heterocycles. The van der Waals surface area contributed by atoms with Crippen molar-refractivity contribution in [1.82, 2.24) is 4.57 Å². The van der Waals surface area contributed by atoms with E-state index in [1.54, 1.807) is 12.2 Å². The van der Waals surface area contributed by atoms with Crippen LogP contribution in [0.4, 0.5) is 5.69 Å². The number of nitrogen functional groups attached to an aromatic ring is 1. The van der Waals surface area contributed by atoms with E-state index >= 15 is 0 Å². The van der Waals surface area contributed by atoms with Crippen molar-refractivity contribution in [2.75, 3.05) is 5.73 Å². The van der Waals surface area contributed by atoms with Crippen molar-refractivity contribution >= 4 is 44.6 Å². The van der Waals surface area contributed by atoms with Gasteiger partial charge in [-0.2, -0.15) is 0 Å². The Labute approximate surface area is 163 Å². The van der Waals surface area contributed by atoms with Crippen LogP contribution < -0.4 is 5.73 Å². The van der Waals surface area contributed by atoms with Gasteiger partial charge in [-0.15, -0.1) is 0 Å². The van der Waals surface area contributed by atoms with E-state index in [1.165, 1.54) is 10.8 Å². The molecule has 0 saturated carbocycles. The minimum absolute atomic E-state index is 0.245. The van der Waals surface area contributed by atoms with E-state index < -0.39 is 0 Å². The topological polar surface area (TPSA) is 78.7 Å². The van der Waals surface area contributed by atoms with Crippen LogP contribution in [0, 0.1) is 10.8 Å². The second-order valence-corrected chi connectivity index (χ2v) is 6.51. The number of nitrogens with one attached hydrogen (secondary N) is 2. The number of hydrogen-bond donors (Lipinski definition) is 3. The van der Waals surface area contributed by atoms with Crippen LogP contribution in [0.5, 0.6) is 0 Å². The van der Waals surface area contributed by atoms with Crippen molar-refractivity contribution in [3.63, 3.8) is 0 Å². The average Bonchev–Trinajstić information content (AvgIpc) is 3.06. The highest BCUT2D eigenvalue weighted by atomic mass is 15.0. The first-order valence-corrected chi connectivity index (χ1v) is 9.01. The SMILES string of the molecule is N=C1C=CC(n2c3ccccc3c3ccccc32)=CC1=N.Nc1ccccc1. The number of fused-ring (bicyclic) bond motifs is 3. The molecule has 4 nitrogen and oxygen atoms in total. The molecule has 3 aromatic carbocycles. The van der Waals surface area contributed by atoms with Crippen LogP contribution in [0.3, 0.4) is 0 Å². The van der Waals surface area contributed by atoms with Gasteiger partial charge in [0.15, 0.2) is 0 Å². The fraction of sp³-hybridized carbons (Fsp3) is 0. The Balaban J connectivity index is 0.000000233. The Bertz CT molecular complexity index is 1190. The molecule has 0 spiro atoms. The molecule has 4 aromatic rings. The van der Waals surface area contributed by atoms with Crippen LogP contribution in [0.15, 0.2) is 97.1 Å². The first-order chi connectivity index (χ1) is 13.6. The van der Waals surface area contributed by atoms with Gasteiger partial charge < -0.3 is 10.3 Å². The maximum Gasteiger partial charge on any atom is 0.0810 e. The number of anilines is 1. The Morgan fingerprint density at radius 3 is 1.64 bits per heavy atom. The van der Waals surface area contributed by atoms with Gasteiger partial charge in [0.1, 0.15) is 0 Å². The Morgan fingerprint density at radius 2 is 1.14 bits per heavy atom. The molecule has 28 heavy (non-hydrogen) atoms. The van der Waals surface area contributed by atoms with Gasteiger partial charge in [0, 0.05) is 22.2 Å². The van der Waals surface area contributed by atoms with Crippen LogP contribution in [-0.2, 0) is 0 Å². The zero-order valence-electron chi connectivity index (χ0n) is 15.3. The number of aromatic nitrogens is 1. The number of benzene rings is 3. The van der Waals surface area contributed by atoms with Crippen molar-refractivity contribution in [3.8, 4) is 0 Å². The summed E-state index contributed by atoms with van der Waals surface area (Å²) in [4.78, 5) is 0. The summed E-state index contributed by atoms with van der Waals surface area (Å²) in [5, 5.41) is 18.0. The quantitative estimate of drug-likeness (QED) is 0.302. The molecule has 0 bridgehead atoms. The molecule has 0 fully saturated rings. The Kier molecular flexibility index (Phi) is 4.60. The van der Waals surface area contributed by atoms with Gasteiger partial charge in [-0.1, -0.05) is 54.6 Å². The Morgan fingerprint density at radius 1 is 0.607 bits per heavy atom. The Hall–Kier alpha value is -3.92. The normalized spacial score (nSPS) is 13.4. The molecule has 4 heteroatoms. The molecule has 0 aliphatic heterocycles. The maximum absolute atomic E-state index is 7.88. The molecule has 0 saturated heterocycles. The predicted molar refractivity (Wildman–Crippen MR) is 119 cm³/mol. The molecule has 4 N–H and O–H groups in total. The van der Waals surface area contributed by atoms with E-state index in [2.05, 4.69) is 28.8 Å². The second-order valence-electron chi connectivity index (χ2n) is 6.51. The van der Waals surface area contributed by atoms with E-state index in [0.29, 0.717) is 0 Å². The fourth-order valence-corrected chi connectivity index (χ4v) is 3.33. The average molecular weight is 364 g/mol. The van der Waals surface area contributed by atoms with Crippen LogP contribution in [0.1, 0.15) is 0 Å². The third-order valence-electron chi connectivity index (χ3n) is 4.64. The summed E-state index contributed by atoms with van der Waals surface area (Å²) in [6.45, 7) is 0. The van der Waals surface area contributed by atoms with E-state index in [9.17, 15) is 0 Å². The van der Waals surface area contributed by atoms with Gasteiger partial charge in [0.2, 0.25) is 0 Å². The lowest BCUT2D eigenvalue weighted by Crippen LogP contribution is -2.12. The summed E-state index contributed by atoms with van der Waals surface area (Å²) in [6.07, 6.45) is 5.34. The highest BCUT2D eigenvalue weighted by Crippen LogP contribution is 2.32. The van der Waals surface area contributed by atoms with Crippen molar-refractivity contribution in [3.05, 3.63) is 97.1 Å². The number of nitrogens with zero attached hydrogens (tertiary/aromatic N) is 1. The van der Waals surface area contributed by atoms with Crippen molar-refractivity contribution < 1.29 is 0 Å². The third kappa shape index (κ3) is 3.23. The summed E-state index contributed by atoms with van der Waals surface area (Å²) >= 11 is 0. The van der Waals surface area contributed by atoms with E-state index in [-0.39, 0.29) is 11.4 Å². The lowest BCUT2D eigenvalue weighted by Gasteiger charge is -2.12. The monoisotopic (exact) mass is 364 g/mol. The summed E-state index contributed by atoms with van der Waals surface area (Å²) in [7, 11) is 0. The molecular weight excluding hydrogens is 344 g/mol. The van der Waals surface area contributed by atoms with Gasteiger partial charge in [-0.3, -0.25) is 10.8 Å². The van der Waals surface area contributed by atoms with Crippen LogP contribution in [0.25, 0.3) is 27.5 Å². The van der Waals surface area contributed by atoms with Gasteiger partial charge in [-0.05, 0) is 42.5 Å². The molecule has 5 rings (SSSR count). The number of rotatable bonds is 1. The standard InChI is InChI=1S/C18H13N3.C6H7N/c19-15-10-9-12(11-16(15)20)21-17-7-3-1-5-13(17)14-6-2-4-8-18(14)21;7-6-4-2-1-3-5-6/h1-11,19-20H;1-5H,7H2. The van der Waals surface area contributed by atoms with E-state index in [0.717, 1.165) is 22.4 Å². The fourth-order valence-electron chi connectivity index (χ4n) is 3.33. The molecule has 1 aliphatic carbocycles. The second kappa shape index (κ2) is 7.37. The van der Waals surface area contributed by atoms with Crippen LogP contribution in [0.2, 0.25) is 0 Å². The zero-order valence-corrected chi connectivity index (χ0v) is 15.3. The molecule has 0 unspecified atom stereocenters. The smallest absolute Gasteiger partial charge is 0.0810 e. The van der Waals surface area contributed by atoms with E-state index in [1.807, 2.05) is 60.7 Å². The number of nitrogens with two attached hydrogens (primary N) is 1. The molecule has 1 heterocycles. The highest BCUT2D eigenvalue weighted by molar-refractivity contribution is 6.50. The van der Waals surface area contributed by atoms with Gasteiger partial charge in [-0.25, -0.2) is 0 Å². The van der Waals surface area contributed by atoms with Crippen LogP contribution in [-0.4, -0.2) is 16.0 Å². The number of hydrogen-bond acceptors (Lipinski definition) is 3. The molecule has 0 radical (unpaired) electrons. The summed E-state index contributed by atoms with van der Waals surface area (Å²) < 4.78 is 2.15. The van der Waals surface area contributed by atoms with Crippen molar-refractivity contribution in [2.24, 2.45) is 0 Å².